The number of pyridine rings is 1. The van der Waals surface area contributed by atoms with Gasteiger partial charge in [-0.15, -0.1) is 5.10 Å². The van der Waals surface area contributed by atoms with Gasteiger partial charge in [0.05, 0.1) is 17.7 Å². The van der Waals surface area contributed by atoms with Crippen molar-refractivity contribution in [1.29, 1.82) is 0 Å². The second-order valence-electron chi connectivity index (χ2n) is 10.0. The van der Waals surface area contributed by atoms with Crippen molar-refractivity contribution in [2.24, 2.45) is 0 Å². The Hall–Kier alpha value is -3.36. The number of aromatic nitrogens is 5. The minimum absolute atomic E-state index is 0.0208. The van der Waals surface area contributed by atoms with Crippen LogP contribution in [0.2, 0.25) is 0 Å². The zero-order chi connectivity index (χ0) is 25.6. The van der Waals surface area contributed by atoms with Crippen LogP contribution < -0.4 is 5.56 Å². The van der Waals surface area contributed by atoms with Crippen LogP contribution in [0.1, 0.15) is 61.2 Å². The Labute approximate surface area is 217 Å². The number of ether oxygens (including phenoxy) is 1. The second-order valence-corrected chi connectivity index (χ2v) is 10.0. The summed E-state index contributed by atoms with van der Waals surface area (Å²) in [6, 6.07) is 18.5. The van der Waals surface area contributed by atoms with Crippen LogP contribution in [-0.4, -0.2) is 49.3 Å². The van der Waals surface area contributed by atoms with Gasteiger partial charge in [-0.1, -0.05) is 61.9 Å². The Morgan fingerprint density at radius 1 is 1.19 bits per heavy atom. The lowest BCUT2D eigenvalue weighted by Crippen LogP contribution is -2.38. The highest BCUT2D eigenvalue weighted by Gasteiger charge is 2.30. The number of nitrogens with one attached hydrogen (secondary N) is 1. The summed E-state index contributed by atoms with van der Waals surface area (Å²) in [5.74, 6) is 0.851. The molecule has 4 aromatic rings. The minimum Gasteiger partial charge on any atom is -0.377 e. The first-order chi connectivity index (χ1) is 18.1. The van der Waals surface area contributed by atoms with E-state index in [1.807, 2.05) is 35.9 Å². The summed E-state index contributed by atoms with van der Waals surface area (Å²) in [6.07, 6.45) is 4.97. The molecule has 0 saturated carbocycles. The normalized spacial score (nSPS) is 16.6. The number of aryl methyl sites for hydroxylation is 3. The van der Waals surface area contributed by atoms with Crippen molar-refractivity contribution in [3.05, 3.63) is 87.5 Å². The van der Waals surface area contributed by atoms with Gasteiger partial charge in [-0.05, 0) is 65.6 Å². The minimum atomic E-state index is -0.0435. The van der Waals surface area contributed by atoms with Crippen molar-refractivity contribution in [2.45, 2.75) is 71.2 Å². The maximum Gasteiger partial charge on any atom is 0.252 e. The van der Waals surface area contributed by atoms with Crippen LogP contribution in [0.4, 0.5) is 0 Å². The number of fused-ring (bicyclic) bond motifs is 1. The third-order valence-electron chi connectivity index (χ3n) is 7.32. The van der Waals surface area contributed by atoms with Crippen molar-refractivity contribution in [3.8, 4) is 0 Å². The number of aromatic amines is 1. The van der Waals surface area contributed by atoms with Crippen LogP contribution >= 0.6 is 0 Å². The summed E-state index contributed by atoms with van der Waals surface area (Å²) in [4.78, 5) is 18.7. The zero-order valence-electron chi connectivity index (χ0n) is 21.8. The number of rotatable bonds is 11. The van der Waals surface area contributed by atoms with Gasteiger partial charge in [0.1, 0.15) is 0 Å². The molecule has 37 heavy (non-hydrogen) atoms. The molecule has 194 valence electrons. The molecule has 1 fully saturated rings. The van der Waals surface area contributed by atoms with E-state index in [1.54, 1.807) is 0 Å². The summed E-state index contributed by atoms with van der Waals surface area (Å²) >= 11 is 0. The molecule has 0 radical (unpaired) electrons. The number of para-hydroxylation sites is 1. The number of hydrogen-bond acceptors (Lipinski definition) is 6. The predicted octanol–water partition coefficient (Wildman–Crippen LogP) is 4.59. The fourth-order valence-corrected chi connectivity index (χ4v) is 5.35. The van der Waals surface area contributed by atoms with Gasteiger partial charge < -0.3 is 9.72 Å². The van der Waals surface area contributed by atoms with Gasteiger partial charge in [0, 0.05) is 31.8 Å². The summed E-state index contributed by atoms with van der Waals surface area (Å²) in [5.41, 5.74) is 3.93. The molecule has 1 N–H and O–H groups in total. The molecule has 3 heterocycles. The Kier molecular flexibility index (Phi) is 8.06. The summed E-state index contributed by atoms with van der Waals surface area (Å²) in [6.45, 7) is 6.95. The second kappa shape index (κ2) is 11.8. The highest BCUT2D eigenvalue weighted by atomic mass is 16.5. The van der Waals surface area contributed by atoms with Crippen LogP contribution in [0.25, 0.3) is 10.9 Å². The van der Waals surface area contributed by atoms with Crippen molar-refractivity contribution in [3.63, 3.8) is 0 Å². The van der Waals surface area contributed by atoms with Gasteiger partial charge in [0.25, 0.3) is 5.56 Å². The van der Waals surface area contributed by atoms with E-state index >= 15 is 0 Å². The van der Waals surface area contributed by atoms with Crippen molar-refractivity contribution >= 4 is 10.9 Å². The van der Waals surface area contributed by atoms with E-state index in [9.17, 15) is 4.79 Å². The Morgan fingerprint density at radius 2 is 2.05 bits per heavy atom. The first-order valence-electron chi connectivity index (χ1n) is 13.4. The first-order valence-corrected chi connectivity index (χ1v) is 13.4. The predicted molar refractivity (Wildman–Crippen MR) is 144 cm³/mol. The van der Waals surface area contributed by atoms with E-state index in [1.165, 1.54) is 5.56 Å². The highest BCUT2D eigenvalue weighted by molar-refractivity contribution is 5.81. The van der Waals surface area contributed by atoms with Gasteiger partial charge >= 0.3 is 0 Å². The van der Waals surface area contributed by atoms with E-state index in [0.717, 1.165) is 73.1 Å². The van der Waals surface area contributed by atoms with Gasteiger partial charge in [0.2, 0.25) is 0 Å². The monoisotopic (exact) mass is 500 g/mol. The molecular weight excluding hydrogens is 464 g/mol. The third kappa shape index (κ3) is 5.97. The van der Waals surface area contributed by atoms with Gasteiger partial charge in [-0.25, -0.2) is 4.68 Å². The maximum absolute atomic E-state index is 13.2. The zero-order valence-corrected chi connectivity index (χ0v) is 21.8. The lowest BCUT2D eigenvalue weighted by molar-refractivity contribution is 0.0475. The Morgan fingerprint density at radius 3 is 2.84 bits per heavy atom. The third-order valence-corrected chi connectivity index (χ3v) is 7.32. The molecule has 1 aliphatic rings. The number of benzene rings is 2. The molecule has 2 aromatic heterocycles. The largest absolute Gasteiger partial charge is 0.377 e. The van der Waals surface area contributed by atoms with E-state index < -0.39 is 0 Å². The van der Waals surface area contributed by atoms with Crippen LogP contribution in [0.15, 0.2) is 59.4 Å². The molecule has 0 unspecified atom stereocenters. The van der Waals surface area contributed by atoms with Gasteiger partial charge in [-0.2, -0.15) is 0 Å². The number of hydrogen-bond donors (Lipinski definition) is 1. The average molecular weight is 501 g/mol. The summed E-state index contributed by atoms with van der Waals surface area (Å²) < 4.78 is 7.97. The fraction of sp³-hybridized carbons (Fsp3) is 0.448. The van der Waals surface area contributed by atoms with E-state index in [2.05, 4.69) is 62.7 Å². The van der Waals surface area contributed by atoms with Crippen molar-refractivity contribution < 1.29 is 4.74 Å². The molecule has 0 aliphatic carbocycles. The molecule has 5 rings (SSSR count). The quantitative estimate of drug-likeness (QED) is 0.324. The van der Waals surface area contributed by atoms with Crippen LogP contribution in [0.3, 0.4) is 0 Å². The fourth-order valence-electron chi connectivity index (χ4n) is 5.35. The standard InChI is InChI=1S/C29H36N6O2/c1-3-9-26(28-31-32-33-35(28)16-15-22-11-5-4-6-12-22)34(20-25-14-8-17-37-25)19-24-18-23-13-7-10-21(2)27(23)30-29(24)36/h4-7,10-13,18,25-26H,3,8-9,14-17,19-20H2,1-2H3,(H,30,36)/t25-,26+/m1/s1. The van der Waals surface area contributed by atoms with Crippen molar-refractivity contribution in [1.82, 2.24) is 30.1 Å². The maximum atomic E-state index is 13.2. The number of H-pyrrole nitrogens is 1. The molecule has 2 atom stereocenters. The molecule has 0 spiro atoms. The van der Waals surface area contributed by atoms with E-state index in [0.29, 0.717) is 13.1 Å². The molecule has 0 bridgehead atoms. The number of tetrazole rings is 1. The molecule has 8 heteroatoms. The van der Waals surface area contributed by atoms with Gasteiger partial charge in [0.15, 0.2) is 5.82 Å². The van der Waals surface area contributed by atoms with Crippen LogP contribution in [0.5, 0.6) is 0 Å². The highest BCUT2D eigenvalue weighted by Crippen LogP contribution is 2.28. The Bertz CT molecular complexity index is 1360. The molecule has 1 aliphatic heterocycles. The van der Waals surface area contributed by atoms with Crippen molar-refractivity contribution in [2.75, 3.05) is 13.2 Å². The van der Waals surface area contributed by atoms with Crippen LogP contribution in [-0.2, 0) is 24.2 Å². The molecule has 0 amide bonds. The van der Waals surface area contributed by atoms with Crippen LogP contribution in [0, 0.1) is 6.92 Å². The molecule has 2 aromatic carbocycles. The Balaban J connectivity index is 1.46. The van der Waals surface area contributed by atoms with E-state index in [4.69, 9.17) is 4.74 Å². The summed E-state index contributed by atoms with van der Waals surface area (Å²) in [5, 5.41) is 14.0. The molecular formula is C29H36N6O2. The lowest BCUT2D eigenvalue weighted by atomic mass is 10.0. The smallest absolute Gasteiger partial charge is 0.252 e. The van der Waals surface area contributed by atoms with Gasteiger partial charge in [-0.3, -0.25) is 9.69 Å². The summed E-state index contributed by atoms with van der Waals surface area (Å²) in [7, 11) is 0. The van der Waals surface area contributed by atoms with E-state index in [-0.39, 0.29) is 17.7 Å². The average Bonchev–Trinajstić information content (AvgIpc) is 3.60. The lowest BCUT2D eigenvalue weighted by Gasteiger charge is -2.32. The number of nitrogens with zero attached hydrogens (tertiary/aromatic N) is 5. The SMILES string of the molecule is CCC[C@@H](c1nnnn1CCc1ccccc1)N(Cc1cc2cccc(C)c2[nH]c1=O)C[C@H]1CCCO1. The topological polar surface area (TPSA) is 88.9 Å². The molecule has 1 saturated heterocycles. The first kappa shape index (κ1) is 25.3. The molecule has 8 nitrogen and oxygen atoms in total.